The summed E-state index contributed by atoms with van der Waals surface area (Å²) in [5.41, 5.74) is -0.282. The number of pyridine rings is 1. The second kappa shape index (κ2) is 7.18. The number of nitriles is 1. The first-order valence-electron chi connectivity index (χ1n) is 7.49. The van der Waals surface area contributed by atoms with Crippen LogP contribution in [0.1, 0.15) is 39.3 Å². The van der Waals surface area contributed by atoms with Crippen molar-refractivity contribution in [2.45, 2.75) is 45.3 Å². The molecule has 1 amide bonds. The standard InChI is InChI=1S/C16H20BrN3O3/c1-16(2,3)23-15(21)20-6-4-5-12(10-20)22-14-7-11(17)9-19-13(14)8-18/h7,9,12H,4-6,10H2,1-3H3/t12-/m0/s1. The fourth-order valence-corrected chi connectivity index (χ4v) is 2.61. The van der Waals surface area contributed by atoms with Gasteiger partial charge >= 0.3 is 6.09 Å². The molecule has 0 N–H and O–H groups in total. The molecule has 0 unspecified atom stereocenters. The van der Waals surface area contributed by atoms with Crippen molar-refractivity contribution in [3.05, 3.63) is 22.4 Å². The summed E-state index contributed by atoms with van der Waals surface area (Å²) in [6.45, 7) is 6.61. The van der Waals surface area contributed by atoms with E-state index in [0.717, 1.165) is 17.3 Å². The molecule has 0 aromatic carbocycles. The molecule has 124 valence electrons. The molecule has 23 heavy (non-hydrogen) atoms. The minimum atomic E-state index is -0.521. The number of nitrogens with zero attached hydrogens (tertiary/aromatic N) is 3. The molecule has 1 fully saturated rings. The van der Waals surface area contributed by atoms with Crippen LogP contribution >= 0.6 is 15.9 Å². The van der Waals surface area contributed by atoms with Gasteiger partial charge in [0.1, 0.15) is 17.8 Å². The molecule has 6 nitrogen and oxygen atoms in total. The third-order valence-corrected chi connectivity index (χ3v) is 3.68. The summed E-state index contributed by atoms with van der Waals surface area (Å²) in [4.78, 5) is 17.8. The van der Waals surface area contributed by atoms with Crippen LogP contribution in [0.3, 0.4) is 0 Å². The van der Waals surface area contributed by atoms with E-state index >= 15 is 0 Å². The quantitative estimate of drug-likeness (QED) is 0.783. The minimum absolute atomic E-state index is 0.181. The topological polar surface area (TPSA) is 75.4 Å². The van der Waals surface area contributed by atoms with Crippen LogP contribution < -0.4 is 4.74 Å². The third kappa shape index (κ3) is 5.10. The van der Waals surface area contributed by atoms with E-state index in [1.807, 2.05) is 26.8 Å². The predicted molar refractivity (Wildman–Crippen MR) is 88.1 cm³/mol. The fourth-order valence-electron chi connectivity index (χ4n) is 2.30. The average Bonchev–Trinajstić information content (AvgIpc) is 2.46. The lowest BCUT2D eigenvalue weighted by molar-refractivity contribution is 0.00768. The average molecular weight is 382 g/mol. The summed E-state index contributed by atoms with van der Waals surface area (Å²) in [7, 11) is 0. The summed E-state index contributed by atoms with van der Waals surface area (Å²) in [5, 5.41) is 9.11. The Hall–Kier alpha value is -1.81. The van der Waals surface area contributed by atoms with Crippen LogP contribution in [0.25, 0.3) is 0 Å². The highest BCUT2D eigenvalue weighted by Crippen LogP contribution is 2.25. The Morgan fingerprint density at radius 2 is 2.26 bits per heavy atom. The van der Waals surface area contributed by atoms with Crippen LogP contribution in [0.15, 0.2) is 16.7 Å². The normalized spacial score (nSPS) is 18.2. The van der Waals surface area contributed by atoms with Crippen molar-refractivity contribution in [3.63, 3.8) is 0 Å². The van der Waals surface area contributed by atoms with Gasteiger partial charge in [-0.2, -0.15) is 5.26 Å². The van der Waals surface area contributed by atoms with E-state index in [2.05, 4.69) is 20.9 Å². The molecule has 0 bridgehead atoms. The Labute approximate surface area is 144 Å². The largest absolute Gasteiger partial charge is 0.485 e. The molecule has 2 rings (SSSR count). The molecule has 7 heteroatoms. The lowest BCUT2D eigenvalue weighted by Crippen LogP contribution is -2.46. The van der Waals surface area contributed by atoms with E-state index in [-0.39, 0.29) is 17.9 Å². The number of carbonyl (C=O) groups excluding carboxylic acids is 1. The first kappa shape index (κ1) is 17.5. The molecule has 0 spiro atoms. The summed E-state index contributed by atoms with van der Waals surface area (Å²) in [6, 6.07) is 3.74. The summed E-state index contributed by atoms with van der Waals surface area (Å²) >= 11 is 3.32. The number of piperidine rings is 1. The number of hydrogen-bond donors (Lipinski definition) is 0. The van der Waals surface area contributed by atoms with Gasteiger partial charge in [-0.1, -0.05) is 0 Å². The SMILES string of the molecule is CC(C)(C)OC(=O)N1CCC[C@H](Oc2cc(Br)cnc2C#N)C1. The number of ether oxygens (including phenoxy) is 2. The number of halogens is 1. The van der Waals surface area contributed by atoms with Crippen LogP contribution in [0.5, 0.6) is 5.75 Å². The highest BCUT2D eigenvalue weighted by Gasteiger charge is 2.29. The minimum Gasteiger partial charge on any atom is -0.485 e. The first-order valence-corrected chi connectivity index (χ1v) is 8.28. The van der Waals surface area contributed by atoms with Crippen molar-refractivity contribution in [2.24, 2.45) is 0 Å². The molecule has 0 saturated carbocycles. The summed E-state index contributed by atoms with van der Waals surface area (Å²) in [5.74, 6) is 0.429. The van der Waals surface area contributed by atoms with Gasteiger partial charge in [0, 0.05) is 17.2 Å². The van der Waals surface area contributed by atoms with Gasteiger partial charge in [0.2, 0.25) is 0 Å². The second-order valence-electron chi connectivity index (χ2n) is 6.42. The fraction of sp³-hybridized carbons (Fsp3) is 0.562. The molecular formula is C16H20BrN3O3. The molecule has 1 saturated heterocycles. The Balaban J connectivity index is 2.03. The van der Waals surface area contributed by atoms with E-state index in [0.29, 0.717) is 18.8 Å². The van der Waals surface area contributed by atoms with E-state index in [1.165, 1.54) is 0 Å². The van der Waals surface area contributed by atoms with Crippen LogP contribution in [-0.2, 0) is 4.74 Å². The number of aromatic nitrogens is 1. The Morgan fingerprint density at radius 3 is 2.91 bits per heavy atom. The highest BCUT2D eigenvalue weighted by molar-refractivity contribution is 9.10. The lowest BCUT2D eigenvalue weighted by Gasteiger charge is -2.34. The molecule has 1 aliphatic rings. The van der Waals surface area contributed by atoms with Crippen LogP contribution in [0.4, 0.5) is 4.79 Å². The number of carbonyl (C=O) groups is 1. The summed E-state index contributed by atoms with van der Waals surface area (Å²) < 4.78 is 12.0. The van der Waals surface area contributed by atoms with Gasteiger partial charge in [-0.05, 0) is 55.6 Å². The molecule has 1 aliphatic heterocycles. The molecule has 1 aromatic rings. The Bertz CT molecular complexity index is 622. The molecule has 0 radical (unpaired) electrons. The molecule has 0 aliphatic carbocycles. The van der Waals surface area contributed by atoms with Crippen molar-refractivity contribution >= 4 is 22.0 Å². The zero-order valence-corrected chi connectivity index (χ0v) is 15.1. The zero-order chi connectivity index (χ0) is 17.0. The van der Waals surface area contributed by atoms with Crippen molar-refractivity contribution in [1.82, 2.24) is 9.88 Å². The monoisotopic (exact) mass is 381 g/mol. The van der Waals surface area contributed by atoms with Gasteiger partial charge in [0.05, 0.1) is 6.54 Å². The molecule has 2 heterocycles. The van der Waals surface area contributed by atoms with Crippen molar-refractivity contribution in [1.29, 1.82) is 5.26 Å². The second-order valence-corrected chi connectivity index (χ2v) is 7.34. The number of amides is 1. The molecule has 1 aromatic heterocycles. The lowest BCUT2D eigenvalue weighted by atomic mass is 10.1. The zero-order valence-electron chi connectivity index (χ0n) is 13.5. The van der Waals surface area contributed by atoms with Gasteiger partial charge in [0.25, 0.3) is 0 Å². The van der Waals surface area contributed by atoms with Crippen molar-refractivity contribution in [2.75, 3.05) is 13.1 Å². The Morgan fingerprint density at radius 1 is 1.52 bits per heavy atom. The maximum atomic E-state index is 12.2. The molecular weight excluding hydrogens is 362 g/mol. The first-order chi connectivity index (χ1) is 10.8. The van der Waals surface area contributed by atoms with Gasteiger partial charge in [-0.25, -0.2) is 9.78 Å². The van der Waals surface area contributed by atoms with Crippen LogP contribution in [0, 0.1) is 11.3 Å². The Kier molecular flexibility index (Phi) is 5.47. The van der Waals surface area contributed by atoms with Gasteiger partial charge in [-0.15, -0.1) is 0 Å². The smallest absolute Gasteiger partial charge is 0.410 e. The van der Waals surface area contributed by atoms with E-state index in [9.17, 15) is 4.79 Å². The molecule has 1 atom stereocenters. The van der Waals surface area contributed by atoms with E-state index in [4.69, 9.17) is 14.7 Å². The van der Waals surface area contributed by atoms with E-state index < -0.39 is 5.60 Å². The third-order valence-electron chi connectivity index (χ3n) is 3.25. The van der Waals surface area contributed by atoms with Gasteiger partial charge < -0.3 is 14.4 Å². The van der Waals surface area contributed by atoms with Crippen LogP contribution in [-0.4, -0.2) is 40.8 Å². The van der Waals surface area contributed by atoms with Gasteiger partial charge in [0.15, 0.2) is 11.4 Å². The highest BCUT2D eigenvalue weighted by atomic mass is 79.9. The van der Waals surface area contributed by atoms with E-state index in [1.54, 1.807) is 17.2 Å². The number of hydrogen-bond acceptors (Lipinski definition) is 5. The maximum absolute atomic E-state index is 12.2. The van der Waals surface area contributed by atoms with Gasteiger partial charge in [-0.3, -0.25) is 0 Å². The number of likely N-dealkylation sites (tertiary alicyclic amines) is 1. The summed E-state index contributed by atoms with van der Waals surface area (Å²) in [6.07, 6.45) is 2.68. The number of rotatable bonds is 2. The maximum Gasteiger partial charge on any atom is 0.410 e. The van der Waals surface area contributed by atoms with Crippen molar-refractivity contribution < 1.29 is 14.3 Å². The van der Waals surface area contributed by atoms with Crippen LogP contribution in [0.2, 0.25) is 0 Å². The van der Waals surface area contributed by atoms with Crippen molar-refractivity contribution in [3.8, 4) is 11.8 Å². The predicted octanol–water partition coefficient (Wildman–Crippen LogP) is 3.49.